The van der Waals surface area contributed by atoms with Gasteiger partial charge < -0.3 is 10.1 Å². The van der Waals surface area contributed by atoms with E-state index in [9.17, 15) is 0 Å². The van der Waals surface area contributed by atoms with E-state index in [4.69, 9.17) is 16.3 Å². The Morgan fingerprint density at radius 2 is 2.14 bits per heavy atom. The lowest BCUT2D eigenvalue weighted by Gasteiger charge is -2.37. The predicted octanol–water partition coefficient (Wildman–Crippen LogP) is 4.87. The third-order valence-corrected chi connectivity index (χ3v) is 5.18. The van der Waals surface area contributed by atoms with Crippen LogP contribution in [0.4, 0.5) is 0 Å². The number of rotatable bonds is 6. The Balaban J connectivity index is 2.21. The minimum atomic E-state index is 0.619. The van der Waals surface area contributed by atoms with E-state index in [0.717, 1.165) is 18.2 Å². The van der Waals surface area contributed by atoms with Crippen LogP contribution in [0.1, 0.15) is 50.5 Å². The van der Waals surface area contributed by atoms with Gasteiger partial charge >= 0.3 is 0 Å². The van der Waals surface area contributed by atoms with E-state index < -0.39 is 0 Å². The summed E-state index contributed by atoms with van der Waals surface area (Å²) in [6.07, 6.45) is 6.64. The molecular formula is C18H28ClNO. The molecule has 118 valence electrons. The van der Waals surface area contributed by atoms with Gasteiger partial charge in [-0.2, -0.15) is 0 Å². The maximum atomic E-state index is 6.17. The molecule has 1 aromatic rings. The second kappa shape index (κ2) is 8.05. The first-order valence-electron chi connectivity index (χ1n) is 8.17. The lowest BCUT2D eigenvalue weighted by Crippen LogP contribution is -2.30. The van der Waals surface area contributed by atoms with Gasteiger partial charge in [-0.15, -0.1) is 0 Å². The van der Waals surface area contributed by atoms with Gasteiger partial charge in [-0.3, -0.25) is 0 Å². The smallest absolute Gasteiger partial charge is 0.137 e. The molecule has 0 bridgehead atoms. The van der Waals surface area contributed by atoms with Gasteiger partial charge in [0, 0.05) is 0 Å². The summed E-state index contributed by atoms with van der Waals surface area (Å²) in [5.74, 6) is 3.01. The summed E-state index contributed by atoms with van der Waals surface area (Å²) < 4.78 is 5.40. The molecule has 2 nitrogen and oxygen atoms in total. The fourth-order valence-electron chi connectivity index (χ4n) is 3.81. The highest BCUT2D eigenvalue weighted by molar-refractivity contribution is 6.32. The number of halogens is 1. The highest BCUT2D eigenvalue weighted by Gasteiger charge is 2.31. The first-order chi connectivity index (χ1) is 10.2. The van der Waals surface area contributed by atoms with Gasteiger partial charge in [0.2, 0.25) is 0 Å². The molecule has 3 unspecified atom stereocenters. The van der Waals surface area contributed by atoms with Crippen molar-refractivity contribution in [1.82, 2.24) is 5.32 Å². The maximum Gasteiger partial charge on any atom is 0.137 e. The molecule has 0 heterocycles. The average Bonchev–Trinajstić information content (AvgIpc) is 2.50. The molecule has 0 amide bonds. The van der Waals surface area contributed by atoms with E-state index in [1.807, 2.05) is 6.07 Å². The summed E-state index contributed by atoms with van der Waals surface area (Å²) in [5, 5.41) is 4.07. The summed E-state index contributed by atoms with van der Waals surface area (Å²) in [4.78, 5) is 0. The highest BCUT2D eigenvalue weighted by atomic mass is 35.5. The number of hydrogen-bond acceptors (Lipinski definition) is 2. The van der Waals surface area contributed by atoms with Crippen LogP contribution in [0.25, 0.3) is 0 Å². The van der Waals surface area contributed by atoms with Crippen LogP contribution in [0.5, 0.6) is 5.75 Å². The number of methoxy groups -OCH3 is 1. The first-order valence-corrected chi connectivity index (χ1v) is 8.55. The van der Waals surface area contributed by atoms with Crippen LogP contribution in [0, 0.1) is 11.8 Å². The zero-order chi connectivity index (χ0) is 15.2. The average molecular weight is 310 g/mol. The third kappa shape index (κ3) is 4.14. The summed E-state index contributed by atoms with van der Waals surface area (Å²) in [6.45, 7) is 3.38. The summed E-state index contributed by atoms with van der Waals surface area (Å²) in [6, 6.07) is 6.31. The Morgan fingerprint density at radius 1 is 1.33 bits per heavy atom. The topological polar surface area (TPSA) is 21.3 Å². The number of ether oxygens (including phenoxy) is 1. The normalized spacial score (nSPS) is 25.8. The first kappa shape index (κ1) is 16.6. The number of hydrogen-bond donors (Lipinski definition) is 1. The van der Waals surface area contributed by atoms with E-state index in [1.165, 1.54) is 37.7 Å². The number of benzene rings is 1. The van der Waals surface area contributed by atoms with Crippen molar-refractivity contribution in [2.45, 2.75) is 44.9 Å². The maximum absolute atomic E-state index is 6.17. The molecule has 3 atom stereocenters. The molecule has 1 saturated carbocycles. The highest BCUT2D eigenvalue weighted by Crippen LogP contribution is 2.43. The van der Waals surface area contributed by atoms with Crippen LogP contribution in [-0.2, 0) is 0 Å². The Kier molecular flexibility index (Phi) is 6.38. The molecule has 2 rings (SSSR count). The van der Waals surface area contributed by atoms with Crippen LogP contribution in [-0.4, -0.2) is 20.7 Å². The van der Waals surface area contributed by atoms with Gasteiger partial charge in [-0.25, -0.2) is 0 Å². The van der Waals surface area contributed by atoms with Gasteiger partial charge in [-0.05, 0) is 61.9 Å². The van der Waals surface area contributed by atoms with E-state index in [-0.39, 0.29) is 0 Å². The molecule has 1 aromatic carbocycles. The van der Waals surface area contributed by atoms with Gasteiger partial charge in [0.05, 0.1) is 12.1 Å². The fraction of sp³-hybridized carbons (Fsp3) is 0.667. The van der Waals surface area contributed by atoms with Gasteiger partial charge in [0.1, 0.15) is 5.75 Å². The molecule has 0 radical (unpaired) electrons. The lowest BCUT2D eigenvalue weighted by molar-refractivity contribution is 0.222. The molecule has 3 heteroatoms. The van der Waals surface area contributed by atoms with Crippen molar-refractivity contribution >= 4 is 11.6 Å². The number of nitrogens with one attached hydrogen (secondary N) is 1. The molecule has 0 aliphatic heterocycles. The molecule has 1 aliphatic rings. The second-order valence-electron chi connectivity index (χ2n) is 6.29. The molecule has 0 aromatic heterocycles. The summed E-state index contributed by atoms with van der Waals surface area (Å²) >= 11 is 6.17. The van der Waals surface area contributed by atoms with Gasteiger partial charge in [0.15, 0.2) is 0 Å². The molecule has 1 N–H and O–H groups in total. The molecular weight excluding hydrogens is 282 g/mol. The fourth-order valence-corrected chi connectivity index (χ4v) is 4.01. The largest absolute Gasteiger partial charge is 0.495 e. The van der Waals surface area contributed by atoms with Crippen molar-refractivity contribution < 1.29 is 4.74 Å². The second-order valence-corrected chi connectivity index (χ2v) is 6.69. The van der Waals surface area contributed by atoms with Crippen molar-refractivity contribution in [2.24, 2.45) is 11.8 Å². The molecule has 0 spiro atoms. The molecule has 0 saturated heterocycles. The van der Waals surface area contributed by atoms with Crippen molar-refractivity contribution in [3.63, 3.8) is 0 Å². The van der Waals surface area contributed by atoms with Crippen LogP contribution in [0.2, 0.25) is 5.02 Å². The molecule has 21 heavy (non-hydrogen) atoms. The van der Waals surface area contributed by atoms with Gasteiger partial charge in [0.25, 0.3) is 0 Å². The monoisotopic (exact) mass is 309 g/mol. The van der Waals surface area contributed by atoms with Crippen LogP contribution < -0.4 is 10.1 Å². The third-order valence-electron chi connectivity index (χ3n) is 4.87. The minimum Gasteiger partial charge on any atom is -0.495 e. The molecule has 1 aliphatic carbocycles. The van der Waals surface area contributed by atoms with Gasteiger partial charge in [-0.1, -0.05) is 43.9 Å². The van der Waals surface area contributed by atoms with Crippen LogP contribution >= 0.6 is 11.6 Å². The Bertz CT molecular complexity index is 449. The summed E-state index contributed by atoms with van der Waals surface area (Å²) in [7, 11) is 3.74. The standard InChI is InChI=1S/C18H28ClNO/c1-4-5-13-6-7-15(12-20-2)16(10-13)14-8-9-17(19)18(11-14)21-3/h8-9,11,13,15-16,20H,4-7,10,12H2,1-3H3. The quantitative estimate of drug-likeness (QED) is 0.809. The summed E-state index contributed by atoms with van der Waals surface area (Å²) in [5.41, 5.74) is 1.39. The molecule has 1 fully saturated rings. The SMILES string of the molecule is CCCC1CCC(CNC)C(c2ccc(Cl)c(OC)c2)C1. The van der Waals surface area contributed by atoms with Crippen molar-refractivity contribution in [3.05, 3.63) is 28.8 Å². The van der Waals surface area contributed by atoms with Crippen molar-refractivity contribution in [3.8, 4) is 5.75 Å². The van der Waals surface area contributed by atoms with Crippen LogP contribution in [0.3, 0.4) is 0 Å². The minimum absolute atomic E-state index is 0.619. The van der Waals surface area contributed by atoms with Crippen LogP contribution in [0.15, 0.2) is 18.2 Å². The predicted molar refractivity (Wildman–Crippen MR) is 90.4 cm³/mol. The Hall–Kier alpha value is -0.730. The van der Waals surface area contributed by atoms with Crippen molar-refractivity contribution in [2.75, 3.05) is 20.7 Å². The lowest BCUT2D eigenvalue weighted by atomic mass is 9.70. The Labute approximate surface area is 134 Å². The van der Waals surface area contributed by atoms with E-state index >= 15 is 0 Å². The van der Waals surface area contributed by atoms with E-state index in [1.54, 1.807) is 7.11 Å². The zero-order valence-electron chi connectivity index (χ0n) is 13.5. The van der Waals surface area contributed by atoms with E-state index in [2.05, 4.69) is 31.4 Å². The van der Waals surface area contributed by atoms with E-state index in [0.29, 0.717) is 16.9 Å². The van der Waals surface area contributed by atoms with Crippen molar-refractivity contribution in [1.29, 1.82) is 0 Å². The zero-order valence-corrected chi connectivity index (χ0v) is 14.2. The Morgan fingerprint density at radius 3 is 2.81 bits per heavy atom.